The average Bonchev–Trinajstić information content (AvgIpc) is 3.46. The van der Waals surface area contributed by atoms with Gasteiger partial charge in [-0.15, -0.1) is 11.8 Å². The third-order valence-electron chi connectivity index (χ3n) is 13.4. The van der Waals surface area contributed by atoms with E-state index in [1.54, 1.807) is 0 Å². The summed E-state index contributed by atoms with van der Waals surface area (Å²) in [7, 11) is 0. The lowest BCUT2D eigenvalue weighted by Crippen LogP contribution is -2.65. The van der Waals surface area contributed by atoms with Gasteiger partial charge in [0.15, 0.2) is 5.79 Å². The summed E-state index contributed by atoms with van der Waals surface area (Å²) >= 11 is 1.53. The van der Waals surface area contributed by atoms with Gasteiger partial charge in [-0.3, -0.25) is 4.79 Å². The Hall–Kier alpha value is -2.59. The molecular formula is C41H56O8S. The third kappa shape index (κ3) is 7.62. The molecule has 50 heavy (non-hydrogen) atoms. The van der Waals surface area contributed by atoms with Crippen LogP contribution in [0, 0.1) is 46.3 Å². The summed E-state index contributed by atoms with van der Waals surface area (Å²) < 4.78 is 23.3. The molecular weight excluding hydrogens is 653 g/mol. The Labute approximate surface area is 302 Å². The van der Waals surface area contributed by atoms with E-state index in [2.05, 4.69) is 20.8 Å². The van der Waals surface area contributed by atoms with Crippen molar-refractivity contribution in [3.8, 4) is 0 Å². The maximum Gasteiger partial charge on any atom is 0.511 e. The molecule has 0 aliphatic heterocycles. The largest absolute Gasteiger partial charge is 0.511 e. The molecule has 0 bridgehead atoms. The van der Waals surface area contributed by atoms with Gasteiger partial charge in [-0.1, -0.05) is 81.4 Å². The van der Waals surface area contributed by atoms with Crippen molar-refractivity contribution < 1.29 is 38.7 Å². The Bertz CT molecular complexity index is 1460. The van der Waals surface area contributed by atoms with Crippen LogP contribution in [0.25, 0.3) is 0 Å². The van der Waals surface area contributed by atoms with Crippen molar-refractivity contribution in [3.05, 3.63) is 71.8 Å². The van der Waals surface area contributed by atoms with E-state index in [1.165, 1.54) is 11.8 Å². The molecule has 9 heteroatoms. The predicted octanol–water partition coefficient (Wildman–Crippen LogP) is 8.48. The van der Waals surface area contributed by atoms with Gasteiger partial charge in [0, 0.05) is 31.6 Å². The van der Waals surface area contributed by atoms with E-state index in [4.69, 9.17) is 18.9 Å². The fraction of sp³-hybridized carbons (Fsp3) is 0.659. The number of fused-ring (bicyclic) bond motifs is 5. The molecule has 4 fully saturated rings. The van der Waals surface area contributed by atoms with Crippen LogP contribution >= 0.6 is 11.8 Å². The van der Waals surface area contributed by atoms with Gasteiger partial charge >= 0.3 is 12.1 Å². The number of ether oxygens (including phenoxy) is 4. The minimum atomic E-state index is -1.74. The molecule has 274 valence electrons. The maximum atomic E-state index is 13.4. The van der Waals surface area contributed by atoms with E-state index in [1.807, 2.05) is 66.9 Å². The first-order chi connectivity index (χ1) is 23.9. The second-order valence-corrected chi connectivity index (χ2v) is 17.0. The molecule has 6 rings (SSSR count). The lowest BCUT2D eigenvalue weighted by molar-refractivity contribution is -0.325. The molecule has 8 nitrogen and oxygen atoms in total. The summed E-state index contributed by atoms with van der Waals surface area (Å²) in [6.45, 7) is 7.30. The number of hydrogen-bond acceptors (Lipinski definition) is 9. The molecule has 0 saturated heterocycles. The van der Waals surface area contributed by atoms with Crippen molar-refractivity contribution in [1.29, 1.82) is 0 Å². The zero-order chi connectivity index (χ0) is 35.6. The topological polar surface area (TPSA) is 112 Å². The number of thioether (sulfide) groups is 1. The summed E-state index contributed by atoms with van der Waals surface area (Å²) in [6.07, 6.45) is 7.99. The van der Waals surface area contributed by atoms with Crippen LogP contribution in [0.1, 0.15) is 96.1 Å². The Morgan fingerprint density at radius 3 is 2.14 bits per heavy atom. The Kier molecular flexibility index (Phi) is 11.3. The zero-order valence-corrected chi connectivity index (χ0v) is 31.0. The van der Waals surface area contributed by atoms with Crippen molar-refractivity contribution in [2.45, 2.75) is 110 Å². The highest BCUT2D eigenvalue weighted by molar-refractivity contribution is 7.98. The number of aliphatic hydroxyl groups is 2. The molecule has 2 aromatic rings. The first-order valence-electron chi connectivity index (χ1n) is 18.6. The summed E-state index contributed by atoms with van der Waals surface area (Å²) in [4.78, 5) is 26.1. The van der Waals surface area contributed by atoms with Crippen LogP contribution in [0.5, 0.6) is 0 Å². The van der Waals surface area contributed by atoms with Gasteiger partial charge in [0.25, 0.3) is 0 Å². The van der Waals surface area contributed by atoms with Gasteiger partial charge in [-0.05, 0) is 96.3 Å². The van der Waals surface area contributed by atoms with Gasteiger partial charge in [-0.2, -0.15) is 0 Å². The lowest BCUT2D eigenvalue weighted by atomic mass is 9.42. The molecule has 0 aromatic heterocycles. The van der Waals surface area contributed by atoms with Crippen LogP contribution in [0.4, 0.5) is 4.79 Å². The highest BCUT2D eigenvalue weighted by atomic mass is 32.2. The molecule has 2 N–H and O–H groups in total. The number of benzene rings is 2. The number of esters is 1. The van der Waals surface area contributed by atoms with Crippen LogP contribution in [-0.4, -0.2) is 46.1 Å². The van der Waals surface area contributed by atoms with Crippen molar-refractivity contribution in [2.24, 2.45) is 46.3 Å². The van der Waals surface area contributed by atoms with Gasteiger partial charge in [0.05, 0.1) is 5.94 Å². The van der Waals surface area contributed by atoms with Crippen LogP contribution in [0.15, 0.2) is 60.7 Å². The molecule has 4 aliphatic rings. The molecule has 0 radical (unpaired) electrons. The molecule has 4 aliphatic carbocycles. The molecule has 10 atom stereocenters. The van der Waals surface area contributed by atoms with Crippen LogP contribution in [-0.2, 0) is 37.0 Å². The number of rotatable bonds is 12. The third-order valence-corrected chi connectivity index (χ3v) is 13.8. The van der Waals surface area contributed by atoms with Crippen molar-refractivity contribution in [3.63, 3.8) is 0 Å². The molecule has 1 unspecified atom stereocenters. The van der Waals surface area contributed by atoms with Crippen molar-refractivity contribution in [1.82, 2.24) is 0 Å². The maximum absolute atomic E-state index is 13.4. The smallest absolute Gasteiger partial charge is 0.461 e. The summed E-state index contributed by atoms with van der Waals surface area (Å²) in [5.41, 5.74) is 1.60. The SMILES string of the molecule is CSCO[C@]1(O)CC[C@@]2(C)C(C1)C[C@@](O)(OC(=O)OCc1ccccc1)[C@H]1[C@@H]3CC[C@H]([C@H](C)CCC(=O)OCc4ccccc4)[C@@]3(C)CC[C@@H]12. The van der Waals surface area contributed by atoms with Crippen LogP contribution in [0.2, 0.25) is 0 Å². The Balaban J connectivity index is 1.19. The van der Waals surface area contributed by atoms with Gasteiger partial charge in [0.2, 0.25) is 5.79 Å². The van der Waals surface area contributed by atoms with Crippen LogP contribution < -0.4 is 0 Å². The van der Waals surface area contributed by atoms with Crippen molar-refractivity contribution >= 4 is 23.9 Å². The Morgan fingerprint density at radius 2 is 1.48 bits per heavy atom. The van der Waals surface area contributed by atoms with E-state index >= 15 is 0 Å². The molecule has 4 saturated carbocycles. The van der Waals surface area contributed by atoms with Crippen LogP contribution in [0.3, 0.4) is 0 Å². The standard InChI is InChI=1S/C41H56O8S/c1-28(15-18-35(42)46-25-29-11-7-5-8-12-29)32-16-17-33-36-34(19-20-39(32,33)3)38(2)21-22-40(44,48-27-50-4)23-31(38)24-41(36,45)49-37(43)47-26-30-13-9-6-10-14-30/h5-14,28,31-34,36,44-45H,15-27H2,1-4H3/t28-,31?,32-,33+,34+,36+,38+,39-,40-,41-/m1/s1. The normalized spacial score (nSPS) is 36.7. The van der Waals surface area contributed by atoms with E-state index in [0.717, 1.165) is 49.7 Å². The fourth-order valence-corrected chi connectivity index (χ4v) is 11.1. The minimum Gasteiger partial charge on any atom is -0.461 e. The van der Waals surface area contributed by atoms with E-state index in [9.17, 15) is 19.8 Å². The molecule has 0 heterocycles. The van der Waals surface area contributed by atoms with E-state index < -0.39 is 17.7 Å². The van der Waals surface area contributed by atoms with E-state index in [-0.39, 0.29) is 60.1 Å². The van der Waals surface area contributed by atoms with Gasteiger partial charge < -0.3 is 29.2 Å². The molecule has 0 spiro atoms. The highest BCUT2D eigenvalue weighted by Gasteiger charge is 2.69. The van der Waals surface area contributed by atoms with Gasteiger partial charge in [-0.25, -0.2) is 4.79 Å². The second-order valence-electron chi connectivity index (χ2n) is 16.2. The predicted molar refractivity (Wildman–Crippen MR) is 192 cm³/mol. The Morgan fingerprint density at radius 1 is 0.840 bits per heavy atom. The molecule has 2 aromatic carbocycles. The summed E-state index contributed by atoms with van der Waals surface area (Å²) in [6, 6.07) is 19.2. The number of carbonyl (C=O) groups is 2. The average molecular weight is 709 g/mol. The van der Waals surface area contributed by atoms with Crippen molar-refractivity contribution in [2.75, 3.05) is 12.2 Å². The number of hydrogen-bond donors (Lipinski definition) is 2. The molecule has 0 amide bonds. The summed E-state index contributed by atoms with van der Waals surface area (Å²) in [5, 5.41) is 24.2. The lowest BCUT2D eigenvalue weighted by Gasteiger charge is -2.65. The highest BCUT2D eigenvalue weighted by Crippen LogP contribution is 2.71. The number of carbonyl (C=O) groups excluding carboxylic acids is 2. The van der Waals surface area contributed by atoms with E-state index in [0.29, 0.717) is 37.0 Å². The monoisotopic (exact) mass is 708 g/mol. The minimum absolute atomic E-state index is 0.0573. The fourth-order valence-electron chi connectivity index (χ4n) is 10.8. The quantitative estimate of drug-likeness (QED) is 0.166. The zero-order valence-electron chi connectivity index (χ0n) is 30.2. The van der Waals surface area contributed by atoms with Gasteiger partial charge in [0.1, 0.15) is 13.2 Å². The second kappa shape index (κ2) is 15.2. The first-order valence-corrected chi connectivity index (χ1v) is 20.0. The summed E-state index contributed by atoms with van der Waals surface area (Å²) in [5.74, 6) is -2.26. The first kappa shape index (κ1) is 37.2.